The van der Waals surface area contributed by atoms with Crippen molar-refractivity contribution in [2.45, 2.75) is 39.8 Å². The van der Waals surface area contributed by atoms with Crippen LogP contribution in [0.2, 0.25) is 0 Å². The van der Waals surface area contributed by atoms with E-state index < -0.39 is 17.2 Å². The fourth-order valence-corrected chi connectivity index (χ4v) is 4.39. The molecule has 10 heteroatoms. The van der Waals surface area contributed by atoms with E-state index in [-0.39, 0.29) is 36.5 Å². The van der Waals surface area contributed by atoms with Crippen molar-refractivity contribution >= 4 is 22.9 Å². The topological polar surface area (TPSA) is 110 Å². The summed E-state index contributed by atoms with van der Waals surface area (Å²) in [7, 11) is 2.92. The molecule has 0 saturated carbocycles. The van der Waals surface area contributed by atoms with Gasteiger partial charge in [-0.25, -0.2) is 9.78 Å². The summed E-state index contributed by atoms with van der Waals surface area (Å²) in [6, 6.07) is 12.0. The highest BCUT2D eigenvalue weighted by atomic mass is 16.5. The summed E-state index contributed by atoms with van der Waals surface area (Å²) < 4.78 is 11.1. The van der Waals surface area contributed by atoms with Crippen LogP contribution in [0.1, 0.15) is 33.7 Å². The molecule has 0 aliphatic rings. The Morgan fingerprint density at radius 2 is 1.72 bits per heavy atom. The Morgan fingerprint density at radius 3 is 2.44 bits per heavy atom. The molecule has 0 radical (unpaired) electrons. The van der Waals surface area contributed by atoms with E-state index in [1.54, 1.807) is 0 Å². The first kappa shape index (κ1) is 24.9. The average molecular weight is 492 g/mol. The van der Waals surface area contributed by atoms with E-state index in [0.29, 0.717) is 5.56 Å². The number of ketones is 1. The maximum absolute atomic E-state index is 12.8. The van der Waals surface area contributed by atoms with Crippen LogP contribution in [0.4, 0.5) is 0 Å². The molecule has 0 saturated heterocycles. The van der Waals surface area contributed by atoms with Gasteiger partial charge in [-0.3, -0.25) is 23.5 Å². The number of esters is 1. The summed E-state index contributed by atoms with van der Waals surface area (Å²) in [5.41, 5.74) is 3.08. The van der Waals surface area contributed by atoms with Crippen LogP contribution < -0.4 is 11.2 Å². The van der Waals surface area contributed by atoms with Crippen molar-refractivity contribution in [3.63, 3.8) is 0 Å². The Morgan fingerprint density at radius 1 is 1.00 bits per heavy atom. The first-order valence-electron chi connectivity index (χ1n) is 11.7. The molecule has 0 bridgehead atoms. The van der Waals surface area contributed by atoms with Gasteiger partial charge in [0.1, 0.15) is 0 Å². The molecule has 1 aromatic carbocycles. The smallest absolute Gasteiger partial charge is 0.332 e. The van der Waals surface area contributed by atoms with E-state index in [2.05, 4.69) is 21.7 Å². The minimum atomic E-state index is -0.565. The lowest BCUT2D eigenvalue weighted by molar-refractivity contribution is -0.142. The van der Waals surface area contributed by atoms with Crippen LogP contribution in [0.15, 0.2) is 52.3 Å². The average Bonchev–Trinajstić information content (AvgIpc) is 3.43. The highest BCUT2D eigenvalue weighted by Gasteiger charge is 2.18. The fraction of sp³-hybridized carbons (Fsp3) is 0.346. The predicted molar refractivity (Wildman–Crippen MR) is 134 cm³/mol. The normalized spacial score (nSPS) is 11.2. The van der Waals surface area contributed by atoms with Gasteiger partial charge in [0.15, 0.2) is 17.8 Å². The summed E-state index contributed by atoms with van der Waals surface area (Å²) in [5, 5.41) is 0. The van der Waals surface area contributed by atoms with Crippen LogP contribution >= 0.6 is 0 Å². The largest absolute Gasteiger partial charge is 0.457 e. The van der Waals surface area contributed by atoms with Gasteiger partial charge in [0.05, 0.1) is 12.7 Å². The Hall–Kier alpha value is -4.21. The number of hydrogen-bond donors (Lipinski definition) is 0. The monoisotopic (exact) mass is 491 g/mol. The fourth-order valence-electron chi connectivity index (χ4n) is 4.39. The number of carbonyl (C=O) groups excluding carboxylic acids is 2. The highest BCUT2D eigenvalue weighted by molar-refractivity contribution is 5.99. The third-order valence-electron chi connectivity index (χ3n) is 6.48. The number of fused-ring (bicyclic) bond motifs is 1. The minimum absolute atomic E-state index is 0.0547. The van der Waals surface area contributed by atoms with Gasteiger partial charge in [0, 0.05) is 44.1 Å². The third-order valence-corrected chi connectivity index (χ3v) is 6.48. The quantitative estimate of drug-likeness (QED) is 0.261. The van der Waals surface area contributed by atoms with Crippen LogP contribution in [-0.2, 0) is 43.1 Å². The number of aromatic nitrogens is 5. The van der Waals surface area contributed by atoms with Gasteiger partial charge in [0.25, 0.3) is 5.56 Å². The molecular formula is C26H29N5O5. The molecule has 0 aliphatic carbocycles. The first-order valence-corrected chi connectivity index (χ1v) is 11.7. The lowest BCUT2D eigenvalue weighted by atomic mass is 10.1. The number of nitrogens with zero attached hydrogens (tertiary/aromatic N) is 5. The standard InChI is InChI=1S/C26H29N5O5/c1-17-14-20(18(2)31(17)13-10-19-8-6-5-7-9-19)21(32)15-36-22(33)11-12-30-16-27-24-23(30)25(34)29(4)26(35)28(24)3/h5-9,14,16H,10-13,15H2,1-4H3. The molecule has 0 spiro atoms. The van der Waals surface area contributed by atoms with E-state index in [4.69, 9.17) is 4.74 Å². The number of hydrogen-bond acceptors (Lipinski definition) is 6. The molecule has 0 aliphatic heterocycles. The number of imidazole rings is 1. The Balaban J connectivity index is 1.36. The van der Waals surface area contributed by atoms with E-state index >= 15 is 0 Å². The van der Waals surface area contributed by atoms with Crippen LogP contribution in [0, 0.1) is 13.8 Å². The molecule has 10 nitrogen and oxygen atoms in total. The number of Topliss-reactive ketones (excluding diaryl/α,β-unsaturated/α-hetero) is 1. The van der Waals surface area contributed by atoms with Gasteiger partial charge in [0.2, 0.25) is 5.78 Å². The zero-order valence-electron chi connectivity index (χ0n) is 20.9. The number of aryl methyl sites for hydroxylation is 4. The third kappa shape index (κ3) is 4.79. The summed E-state index contributed by atoms with van der Waals surface area (Å²) in [5.74, 6) is -0.830. The Labute approximate surface area is 207 Å². The number of ether oxygens (including phenoxy) is 1. The van der Waals surface area contributed by atoms with Gasteiger partial charge in [-0.1, -0.05) is 30.3 Å². The molecule has 3 aromatic heterocycles. The van der Waals surface area contributed by atoms with E-state index in [1.807, 2.05) is 38.1 Å². The maximum Gasteiger partial charge on any atom is 0.332 e. The van der Waals surface area contributed by atoms with Gasteiger partial charge >= 0.3 is 11.7 Å². The molecule has 0 unspecified atom stereocenters. The molecule has 4 aromatic rings. The van der Waals surface area contributed by atoms with Crippen molar-refractivity contribution in [3.05, 3.63) is 86.1 Å². The lowest BCUT2D eigenvalue weighted by Crippen LogP contribution is -2.37. The molecule has 0 fully saturated rings. The van der Waals surface area contributed by atoms with E-state index in [0.717, 1.165) is 28.9 Å². The maximum atomic E-state index is 12.8. The molecule has 0 N–H and O–H groups in total. The lowest BCUT2D eigenvalue weighted by Gasteiger charge is -2.10. The van der Waals surface area contributed by atoms with Gasteiger partial charge < -0.3 is 13.9 Å². The molecular weight excluding hydrogens is 462 g/mol. The Kier molecular flexibility index (Phi) is 7.05. The summed E-state index contributed by atoms with van der Waals surface area (Å²) in [6.07, 6.45) is 2.20. The second-order valence-electron chi connectivity index (χ2n) is 8.82. The second-order valence-corrected chi connectivity index (χ2v) is 8.82. The SMILES string of the molecule is Cc1cc(C(=O)COC(=O)CCn2cnc3c2c(=O)n(C)c(=O)n3C)c(C)n1CCc1ccccc1. The summed E-state index contributed by atoms with van der Waals surface area (Å²) >= 11 is 0. The van der Waals surface area contributed by atoms with Crippen molar-refractivity contribution in [2.24, 2.45) is 14.1 Å². The van der Waals surface area contributed by atoms with E-state index in [1.165, 1.54) is 35.1 Å². The van der Waals surface area contributed by atoms with Crippen molar-refractivity contribution in [3.8, 4) is 0 Å². The van der Waals surface area contributed by atoms with E-state index in [9.17, 15) is 19.2 Å². The zero-order chi connectivity index (χ0) is 26.0. The second kappa shape index (κ2) is 10.2. The van der Waals surface area contributed by atoms with Crippen LogP contribution in [-0.4, -0.2) is 41.6 Å². The zero-order valence-corrected chi connectivity index (χ0v) is 20.9. The minimum Gasteiger partial charge on any atom is -0.457 e. The summed E-state index contributed by atoms with van der Waals surface area (Å²) in [4.78, 5) is 53.8. The summed E-state index contributed by atoms with van der Waals surface area (Å²) in [6.45, 7) is 4.37. The van der Waals surface area contributed by atoms with Gasteiger partial charge in [-0.2, -0.15) is 0 Å². The van der Waals surface area contributed by atoms with Crippen molar-refractivity contribution < 1.29 is 14.3 Å². The van der Waals surface area contributed by atoms with Gasteiger partial charge in [-0.05, 0) is 31.9 Å². The number of benzene rings is 1. The molecule has 188 valence electrons. The van der Waals surface area contributed by atoms with Gasteiger partial charge in [-0.15, -0.1) is 0 Å². The highest BCUT2D eigenvalue weighted by Crippen LogP contribution is 2.17. The van der Waals surface area contributed by atoms with Crippen LogP contribution in [0.25, 0.3) is 11.2 Å². The number of carbonyl (C=O) groups is 2. The number of rotatable bonds is 9. The molecule has 36 heavy (non-hydrogen) atoms. The molecule has 0 amide bonds. The first-order chi connectivity index (χ1) is 17.2. The Bertz CT molecular complexity index is 1560. The predicted octanol–water partition coefficient (Wildman–Crippen LogP) is 1.91. The molecule has 3 heterocycles. The van der Waals surface area contributed by atoms with Crippen molar-refractivity contribution in [2.75, 3.05) is 6.61 Å². The van der Waals surface area contributed by atoms with Crippen molar-refractivity contribution in [1.29, 1.82) is 0 Å². The van der Waals surface area contributed by atoms with Crippen molar-refractivity contribution in [1.82, 2.24) is 23.3 Å². The molecule has 0 atom stereocenters. The van der Waals surface area contributed by atoms with Crippen LogP contribution in [0.5, 0.6) is 0 Å². The van der Waals surface area contributed by atoms with Crippen LogP contribution in [0.3, 0.4) is 0 Å². The molecule has 4 rings (SSSR count).